The standard InChI is InChI=1S/C9H14Cl2N2/c1-2-3-4-5-13-7-9(11)8(10)6-12-13/h6-7,12H,2-5H2,1H3. The topological polar surface area (TPSA) is 15.3 Å². The van der Waals surface area contributed by atoms with Crippen molar-refractivity contribution in [3.63, 3.8) is 0 Å². The highest BCUT2D eigenvalue weighted by Gasteiger charge is 2.07. The molecule has 1 aliphatic heterocycles. The number of halogens is 2. The molecule has 0 aromatic heterocycles. The van der Waals surface area contributed by atoms with E-state index < -0.39 is 0 Å². The van der Waals surface area contributed by atoms with Crippen LogP contribution in [0.4, 0.5) is 0 Å². The van der Waals surface area contributed by atoms with Crippen LogP contribution in [-0.4, -0.2) is 11.6 Å². The van der Waals surface area contributed by atoms with Gasteiger partial charge in [0.25, 0.3) is 0 Å². The zero-order chi connectivity index (χ0) is 9.68. The fourth-order valence-electron chi connectivity index (χ4n) is 1.11. The molecule has 0 saturated heterocycles. The van der Waals surface area contributed by atoms with Gasteiger partial charge in [0, 0.05) is 18.9 Å². The second-order valence-electron chi connectivity index (χ2n) is 3.00. The van der Waals surface area contributed by atoms with E-state index in [1.807, 2.05) is 11.2 Å². The molecule has 0 amide bonds. The Morgan fingerprint density at radius 2 is 2.08 bits per heavy atom. The number of hydrazine groups is 1. The lowest BCUT2D eigenvalue weighted by Crippen LogP contribution is -2.32. The molecule has 0 aliphatic carbocycles. The first-order chi connectivity index (χ1) is 6.24. The summed E-state index contributed by atoms with van der Waals surface area (Å²) in [5, 5.41) is 3.11. The smallest absolute Gasteiger partial charge is 0.0785 e. The molecule has 0 spiro atoms. The summed E-state index contributed by atoms with van der Waals surface area (Å²) in [6.45, 7) is 3.15. The van der Waals surface area contributed by atoms with Gasteiger partial charge in [0.05, 0.1) is 10.1 Å². The van der Waals surface area contributed by atoms with Gasteiger partial charge < -0.3 is 5.43 Å². The normalized spacial score (nSPS) is 16.4. The molecule has 13 heavy (non-hydrogen) atoms. The molecule has 0 bridgehead atoms. The van der Waals surface area contributed by atoms with Crippen LogP contribution in [0.25, 0.3) is 0 Å². The third kappa shape index (κ3) is 3.49. The summed E-state index contributed by atoms with van der Waals surface area (Å²) in [4.78, 5) is 0. The van der Waals surface area contributed by atoms with Gasteiger partial charge in [-0.2, -0.15) is 0 Å². The number of unbranched alkanes of at least 4 members (excludes halogenated alkanes) is 2. The minimum Gasteiger partial charge on any atom is -0.305 e. The van der Waals surface area contributed by atoms with Crippen LogP contribution in [0.15, 0.2) is 22.5 Å². The first kappa shape index (κ1) is 10.7. The molecule has 0 aromatic rings. The van der Waals surface area contributed by atoms with Gasteiger partial charge in [-0.1, -0.05) is 43.0 Å². The van der Waals surface area contributed by atoms with E-state index >= 15 is 0 Å². The molecule has 0 radical (unpaired) electrons. The van der Waals surface area contributed by atoms with Gasteiger partial charge in [-0.15, -0.1) is 0 Å². The number of hydrogen-bond donors (Lipinski definition) is 1. The zero-order valence-electron chi connectivity index (χ0n) is 7.69. The molecule has 0 saturated carbocycles. The highest BCUT2D eigenvalue weighted by Crippen LogP contribution is 2.21. The van der Waals surface area contributed by atoms with Crippen molar-refractivity contribution in [2.75, 3.05) is 6.54 Å². The van der Waals surface area contributed by atoms with Crippen LogP contribution in [0.5, 0.6) is 0 Å². The molecule has 0 aromatic carbocycles. The minimum atomic E-state index is 0.563. The van der Waals surface area contributed by atoms with Crippen molar-refractivity contribution in [3.05, 3.63) is 22.5 Å². The highest BCUT2D eigenvalue weighted by atomic mass is 35.5. The second-order valence-corrected chi connectivity index (χ2v) is 3.81. The number of nitrogens with one attached hydrogen (secondary N) is 1. The summed E-state index contributed by atoms with van der Waals surface area (Å²) in [7, 11) is 0. The first-order valence-corrected chi connectivity index (χ1v) is 5.26. The van der Waals surface area contributed by atoms with Crippen LogP contribution in [0.2, 0.25) is 0 Å². The Hall–Kier alpha value is -0.340. The summed E-state index contributed by atoms with van der Waals surface area (Å²) >= 11 is 11.6. The van der Waals surface area contributed by atoms with Crippen LogP contribution < -0.4 is 5.43 Å². The molecule has 2 nitrogen and oxygen atoms in total. The van der Waals surface area contributed by atoms with E-state index in [0.29, 0.717) is 10.1 Å². The maximum atomic E-state index is 5.85. The van der Waals surface area contributed by atoms with E-state index in [2.05, 4.69) is 12.3 Å². The summed E-state index contributed by atoms with van der Waals surface area (Å²) in [6.07, 6.45) is 7.15. The molecule has 0 unspecified atom stereocenters. The lowest BCUT2D eigenvalue weighted by molar-refractivity contribution is 0.303. The van der Waals surface area contributed by atoms with E-state index in [4.69, 9.17) is 23.2 Å². The van der Waals surface area contributed by atoms with E-state index in [1.165, 1.54) is 12.8 Å². The maximum absolute atomic E-state index is 5.85. The van der Waals surface area contributed by atoms with Crippen molar-refractivity contribution in [2.45, 2.75) is 26.2 Å². The zero-order valence-corrected chi connectivity index (χ0v) is 9.20. The average molecular weight is 221 g/mol. The SMILES string of the molecule is CCCCCN1C=C(Cl)C(Cl)=CN1. The van der Waals surface area contributed by atoms with Gasteiger partial charge in [-0.3, -0.25) is 5.01 Å². The van der Waals surface area contributed by atoms with Crippen LogP contribution in [0, 0.1) is 0 Å². The minimum absolute atomic E-state index is 0.563. The lowest BCUT2D eigenvalue weighted by Gasteiger charge is -2.24. The van der Waals surface area contributed by atoms with Crippen molar-refractivity contribution in [2.24, 2.45) is 0 Å². The second kappa shape index (κ2) is 5.40. The van der Waals surface area contributed by atoms with Crippen molar-refractivity contribution in [1.82, 2.24) is 10.4 Å². The molecular formula is C9H14Cl2N2. The van der Waals surface area contributed by atoms with Gasteiger partial charge in [-0.05, 0) is 6.42 Å². The maximum Gasteiger partial charge on any atom is 0.0785 e. The molecule has 0 fully saturated rings. The van der Waals surface area contributed by atoms with Crippen molar-refractivity contribution in [3.8, 4) is 0 Å². The van der Waals surface area contributed by atoms with Crippen LogP contribution in [0.3, 0.4) is 0 Å². The number of rotatable bonds is 4. The Kier molecular flexibility index (Phi) is 4.46. The Morgan fingerprint density at radius 1 is 1.31 bits per heavy atom. The highest BCUT2D eigenvalue weighted by molar-refractivity contribution is 6.43. The third-order valence-corrected chi connectivity index (χ3v) is 2.57. The summed E-state index contributed by atoms with van der Waals surface area (Å²) < 4.78 is 0. The molecule has 0 atom stereocenters. The summed E-state index contributed by atoms with van der Waals surface area (Å²) in [5.41, 5.74) is 3.04. The predicted molar refractivity (Wildman–Crippen MR) is 57.2 cm³/mol. The number of allylic oxidation sites excluding steroid dienone is 2. The summed E-state index contributed by atoms with van der Waals surface area (Å²) in [5.74, 6) is 0. The lowest BCUT2D eigenvalue weighted by atomic mass is 10.2. The Labute approximate surface area is 89.2 Å². The van der Waals surface area contributed by atoms with Gasteiger partial charge >= 0.3 is 0 Å². The van der Waals surface area contributed by atoms with Crippen molar-refractivity contribution in [1.29, 1.82) is 0 Å². The quantitative estimate of drug-likeness (QED) is 0.733. The fourth-order valence-corrected chi connectivity index (χ4v) is 1.38. The van der Waals surface area contributed by atoms with Crippen LogP contribution >= 0.6 is 23.2 Å². The molecule has 1 heterocycles. The summed E-state index contributed by atoms with van der Waals surface area (Å²) in [6, 6.07) is 0. The molecule has 1 aliphatic rings. The third-order valence-electron chi connectivity index (χ3n) is 1.86. The Bertz CT molecular complexity index is 224. The van der Waals surface area contributed by atoms with E-state index in [9.17, 15) is 0 Å². The monoisotopic (exact) mass is 220 g/mol. The van der Waals surface area contributed by atoms with Crippen molar-refractivity contribution < 1.29 is 0 Å². The first-order valence-electron chi connectivity index (χ1n) is 4.50. The molecule has 1 rings (SSSR count). The average Bonchev–Trinajstić information content (AvgIpc) is 2.12. The van der Waals surface area contributed by atoms with Crippen LogP contribution in [-0.2, 0) is 0 Å². The molecule has 74 valence electrons. The number of hydrogen-bond acceptors (Lipinski definition) is 2. The van der Waals surface area contributed by atoms with Gasteiger partial charge in [0.1, 0.15) is 0 Å². The van der Waals surface area contributed by atoms with E-state index in [1.54, 1.807) is 6.20 Å². The van der Waals surface area contributed by atoms with Crippen molar-refractivity contribution >= 4 is 23.2 Å². The Morgan fingerprint density at radius 3 is 2.69 bits per heavy atom. The Balaban J connectivity index is 2.31. The van der Waals surface area contributed by atoms with Gasteiger partial charge in [0.2, 0.25) is 0 Å². The van der Waals surface area contributed by atoms with Gasteiger partial charge in [0.15, 0.2) is 0 Å². The van der Waals surface area contributed by atoms with E-state index in [-0.39, 0.29) is 0 Å². The van der Waals surface area contributed by atoms with E-state index in [0.717, 1.165) is 13.0 Å². The fraction of sp³-hybridized carbons (Fsp3) is 0.556. The molecular weight excluding hydrogens is 207 g/mol. The predicted octanol–water partition coefficient (Wildman–Crippen LogP) is 3.16. The van der Waals surface area contributed by atoms with Gasteiger partial charge in [-0.25, -0.2) is 0 Å². The molecule has 4 heteroatoms. The number of nitrogens with zero attached hydrogens (tertiary/aromatic N) is 1. The molecule has 1 N–H and O–H groups in total. The van der Waals surface area contributed by atoms with Crippen LogP contribution in [0.1, 0.15) is 26.2 Å². The largest absolute Gasteiger partial charge is 0.305 e.